The minimum Gasteiger partial charge on any atom is -0.456 e. The van der Waals surface area contributed by atoms with Crippen molar-refractivity contribution in [1.29, 1.82) is 0 Å². The summed E-state index contributed by atoms with van der Waals surface area (Å²) in [5.74, 6) is -0.266. The summed E-state index contributed by atoms with van der Waals surface area (Å²) >= 11 is 0. The van der Waals surface area contributed by atoms with Gasteiger partial charge in [0.1, 0.15) is 6.10 Å². The van der Waals surface area contributed by atoms with Gasteiger partial charge in [-0.15, -0.1) is 0 Å². The topological polar surface area (TPSA) is 35.5 Å². The summed E-state index contributed by atoms with van der Waals surface area (Å²) in [6.45, 7) is 3.81. The summed E-state index contributed by atoms with van der Waals surface area (Å²) in [4.78, 5) is 10.5. The lowest BCUT2D eigenvalue weighted by Crippen LogP contribution is -2.26. The molecule has 0 radical (unpaired) electrons. The van der Waals surface area contributed by atoms with Gasteiger partial charge in [-0.05, 0) is 13.0 Å². The molecule has 0 saturated carbocycles. The zero-order valence-electron chi connectivity index (χ0n) is 6.74. The lowest BCUT2D eigenvalue weighted by molar-refractivity contribution is -0.147. The van der Waals surface area contributed by atoms with Crippen molar-refractivity contribution in [2.24, 2.45) is 0 Å². The van der Waals surface area contributed by atoms with E-state index in [2.05, 4.69) is 0 Å². The second-order valence-corrected chi connectivity index (χ2v) is 2.57. The molecule has 1 heterocycles. The Balaban J connectivity index is 2.38. The molecule has 0 bridgehead atoms. The zero-order valence-corrected chi connectivity index (χ0v) is 6.74. The van der Waals surface area contributed by atoms with Crippen LogP contribution in [0, 0.1) is 0 Å². The first-order valence-electron chi connectivity index (χ1n) is 3.65. The molecular formula is C8H12O3. The van der Waals surface area contributed by atoms with Gasteiger partial charge in [-0.1, -0.05) is 6.08 Å². The Morgan fingerprint density at radius 3 is 2.82 bits per heavy atom. The molecular weight excluding hydrogens is 144 g/mol. The van der Waals surface area contributed by atoms with E-state index in [1.54, 1.807) is 0 Å². The van der Waals surface area contributed by atoms with Gasteiger partial charge in [-0.2, -0.15) is 0 Å². The van der Waals surface area contributed by atoms with Crippen molar-refractivity contribution in [2.45, 2.75) is 26.1 Å². The van der Waals surface area contributed by atoms with Crippen molar-refractivity contribution in [3.63, 3.8) is 0 Å². The van der Waals surface area contributed by atoms with Crippen LogP contribution in [-0.4, -0.2) is 24.8 Å². The van der Waals surface area contributed by atoms with Crippen LogP contribution in [0.1, 0.15) is 13.8 Å². The number of esters is 1. The van der Waals surface area contributed by atoms with Crippen molar-refractivity contribution in [3.05, 3.63) is 12.2 Å². The van der Waals surface area contributed by atoms with E-state index in [4.69, 9.17) is 9.47 Å². The molecule has 2 unspecified atom stereocenters. The predicted molar refractivity (Wildman–Crippen MR) is 40.1 cm³/mol. The number of rotatable bonds is 1. The highest BCUT2D eigenvalue weighted by Crippen LogP contribution is 2.07. The summed E-state index contributed by atoms with van der Waals surface area (Å²) in [7, 11) is 0. The highest BCUT2D eigenvalue weighted by atomic mass is 16.6. The van der Waals surface area contributed by atoms with Gasteiger partial charge in [0.15, 0.2) is 0 Å². The van der Waals surface area contributed by atoms with Gasteiger partial charge in [0.05, 0.1) is 12.7 Å². The molecule has 0 aromatic heterocycles. The molecule has 2 atom stereocenters. The van der Waals surface area contributed by atoms with E-state index in [1.165, 1.54) is 6.92 Å². The number of carbonyl (C=O) groups excluding carboxylic acids is 1. The van der Waals surface area contributed by atoms with E-state index >= 15 is 0 Å². The molecule has 0 spiro atoms. The van der Waals surface area contributed by atoms with Crippen molar-refractivity contribution >= 4 is 5.97 Å². The normalized spacial score (nSPS) is 30.0. The number of carbonyl (C=O) groups is 1. The summed E-state index contributed by atoms with van der Waals surface area (Å²) in [5, 5.41) is 0. The fraction of sp³-hybridized carbons (Fsp3) is 0.625. The van der Waals surface area contributed by atoms with E-state index in [9.17, 15) is 4.79 Å². The van der Waals surface area contributed by atoms with E-state index in [1.807, 2.05) is 19.1 Å². The molecule has 11 heavy (non-hydrogen) atoms. The molecule has 1 aliphatic rings. The third-order valence-electron chi connectivity index (χ3n) is 1.44. The van der Waals surface area contributed by atoms with Gasteiger partial charge in [0.25, 0.3) is 0 Å². The molecule has 0 aliphatic carbocycles. The predicted octanol–water partition coefficient (Wildman–Crippen LogP) is 0.893. The van der Waals surface area contributed by atoms with Crippen molar-refractivity contribution in [1.82, 2.24) is 0 Å². The van der Waals surface area contributed by atoms with Crippen LogP contribution in [0.3, 0.4) is 0 Å². The van der Waals surface area contributed by atoms with Crippen LogP contribution in [0.5, 0.6) is 0 Å². The van der Waals surface area contributed by atoms with Gasteiger partial charge in [0, 0.05) is 6.92 Å². The number of hydrogen-bond donors (Lipinski definition) is 0. The van der Waals surface area contributed by atoms with Gasteiger partial charge in [0.2, 0.25) is 0 Å². The maximum absolute atomic E-state index is 10.5. The van der Waals surface area contributed by atoms with Crippen LogP contribution in [0.15, 0.2) is 12.2 Å². The molecule has 0 aromatic rings. The second kappa shape index (κ2) is 3.53. The standard InChI is InChI=1S/C8H12O3/c1-6-3-4-8(5-10-6)11-7(2)9/h3-4,6,8H,5H2,1-2H3. The van der Waals surface area contributed by atoms with Crippen molar-refractivity contribution in [3.8, 4) is 0 Å². The number of hydrogen-bond acceptors (Lipinski definition) is 3. The monoisotopic (exact) mass is 156 g/mol. The van der Waals surface area contributed by atoms with Gasteiger partial charge in [-0.3, -0.25) is 4.79 Å². The Hall–Kier alpha value is -0.830. The Kier molecular flexibility index (Phi) is 2.65. The van der Waals surface area contributed by atoms with Crippen LogP contribution in [0.25, 0.3) is 0 Å². The Bertz CT molecular complexity index is 174. The maximum Gasteiger partial charge on any atom is 0.303 e. The highest BCUT2D eigenvalue weighted by molar-refractivity contribution is 5.66. The van der Waals surface area contributed by atoms with Crippen molar-refractivity contribution < 1.29 is 14.3 Å². The van der Waals surface area contributed by atoms with E-state index < -0.39 is 0 Å². The Morgan fingerprint density at radius 2 is 2.36 bits per heavy atom. The summed E-state index contributed by atoms with van der Waals surface area (Å²) < 4.78 is 10.1. The second-order valence-electron chi connectivity index (χ2n) is 2.57. The van der Waals surface area contributed by atoms with Crippen LogP contribution in [0.2, 0.25) is 0 Å². The van der Waals surface area contributed by atoms with Gasteiger partial charge < -0.3 is 9.47 Å². The summed E-state index contributed by atoms with van der Waals surface area (Å²) in [5.41, 5.74) is 0. The molecule has 0 saturated heterocycles. The van der Waals surface area contributed by atoms with Crippen LogP contribution >= 0.6 is 0 Å². The molecule has 0 aromatic carbocycles. The molecule has 1 aliphatic heterocycles. The first kappa shape index (κ1) is 8.27. The van der Waals surface area contributed by atoms with Crippen LogP contribution < -0.4 is 0 Å². The smallest absolute Gasteiger partial charge is 0.303 e. The average Bonchev–Trinajstić information content (AvgIpc) is 1.93. The SMILES string of the molecule is CC(=O)OC1C=CC(C)OC1. The molecule has 62 valence electrons. The third kappa shape index (κ3) is 2.72. The lowest BCUT2D eigenvalue weighted by Gasteiger charge is -2.20. The molecule has 1 rings (SSSR count). The van der Waals surface area contributed by atoms with Gasteiger partial charge >= 0.3 is 5.97 Å². The Morgan fingerprint density at radius 1 is 1.64 bits per heavy atom. The van der Waals surface area contributed by atoms with E-state index in [-0.39, 0.29) is 18.2 Å². The Labute approximate surface area is 66.0 Å². The summed E-state index contributed by atoms with van der Waals surface area (Å²) in [6, 6.07) is 0. The molecule has 0 N–H and O–H groups in total. The first-order chi connectivity index (χ1) is 5.18. The number of ether oxygens (including phenoxy) is 2. The third-order valence-corrected chi connectivity index (χ3v) is 1.44. The van der Waals surface area contributed by atoms with Crippen LogP contribution in [-0.2, 0) is 14.3 Å². The van der Waals surface area contributed by atoms with Gasteiger partial charge in [-0.25, -0.2) is 0 Å². The lowest BCUT2D eigenvalue weighted by atomic mass is 10.2. The van der Waals surface area contributed by atoms with E-state index in [0.717, 1.165) is 0 Å². The quantitative estimate of drug-likeness (QED) is 0.418. The molecule has 3 heteroatoms. The summed E-state index contributed by atoms with van der Waals surface area (Å²) in [6.07, 6.45) is 3.69. The fourth-order valence-corrected chi connectivity index (χ4v) is 0.925. The zero-order chi connectivity index (χ0) is 8.27. The maximum atomic E-state index is 10.5. The minimum absolute atomic E-state index is 0.141. The van der Waals surface area contributed by atoms with E-state index in [0.29, 0.717) is 6.61 Å². The van der Waals surface area contributed by atoms with Crippen molar-refractivity contribution in [2.75, 3.05) is 6.61 Å². The fourth-order valence-electron chi connectivity index (χ4n) is 0.925. The average molecular weight is 156 g/mol. The van der Waals surface area contributed by atoms with Crippen LogP contribution in [0.4, 0.5) is 0 Å². The molecule has 0 fully saturated rings. The largest absolute Gasteiger partial charge is 0.456 e. The minimum atomic E-state index is -0.266. The first-order valence-corrected chi connectivity index (χ1v) is 3.65. The molecule has 3 nitrogen and oxygen atoms in total. The highest BCUT2D eigenvalue weighted by Gasteiger charge is 2.14. The molecule has 0 amide bonds.